The molecular formula is C16H21NO4S. The van der Waals surface area contributed by atoms with Crippen molar-refractivity contribution in [3.8, 4) is 6.07 Å². The summed E-state index contributed by atoms with van der Waals surface area (Å²) in [5, 5.41) is 18.3. The third kappa shape index (κ3) is 3.66. The number of nitrogens with zero attached hydrogens (tertiary/aromatic N) is 1. The second kappa shape index (κ2) is 7.41. The van der Waals surface area contributed by atoms with E-state index < -0.39 is 26.5 Å². The molecule has 0 fully saturated rings. The van der Waals surface area contributed by atoms with Crippen molar-refractivity contribution in [3.63, 3.8) is 0 Å². The Bertz CT molecular complexity index is 646. The smallest absolute Gasteiger partial charge is 0.303 e. The van der Waals surface area contributed by atoms with Crippen molar-refractivity contribution in [1.29, 1.82) is 5.26 Å². The molecular weight excluding hydrogens is 302 g/mol. The van der Waals surface area contributed by atoms with E-state index in [4.69, 9.17) is 5.11 Å². The second-order valence-electron chi connectivity index (χ2n) is 5.57. The highest BCUT2D eigenvalue weighted by Crippen LogP contribution is 2.36. The molecule has 120 valence electrons. The summed E-state index contributed by atoms with van der Waals surface area (Å²) >= 11 is 0. The lowest BCUT2D eigenvalue weighted by molar-refractivity contribution is -0.137. The molecule has 1 unspecified atom stereocenters. The molecule has 0 amide bonds. The highest BCUT2D eigenvalue weighted by molar-refractivity contribution is 7.93. The summed E-state index contributed by atoms with van der Waals surface area (Å²) < 4.78 is 24.3. The Labute approximate surface area is 131 Å². The van der Waals surface area contributed by atoms with Crippen LogP contribution in [0, 0.1) is 17.2 Å². The molecule has 0 saturated carbocycles. The summed E-state index contributed by atoms with van der Waals surface area (Å²) in [4.78, 5) is 10.7. The maximum Gasteiger partial charge on any atom is 0.303 e. The zero-order chi connectivity index (χ0) is 16.8. The van der Waals surface area contributed by atoms with Crippen LogP contribution in [0.1, 0.15) is 39.5 Å². The summed E-state index contributed by atoms with van der Waals surface area (Å²) in [6, 6.07) is 9.95. The van der Waals surface area contributed by atoms with Crippen LogP contribution in [0.3, 0.4) is 0 Å². The monoisotopic (exact) mass is 323 g/mol. The van der Waals surface area contributed by atoms with Gasteiger partial charge in [-0.05, 0) is 30.9 Å². The average molecular weight is 323 g/mol. The Morgan fingerprint density at radius 3 is 2.32 bits per heavy atom. The molecule has 1 rings (SSSR count). The van der Waals surface area contributed by atoms with Crippen molar-refractivity contribution in [2.75, 3.05) is 0 Å². The third-order valence-corrected chi connectivity index (χ3v) is 6.46. The van der Waals surface area contributed by atoms with Gasteiger partial charge in [0, 0.05) is 6.42 Å². The molecule has 6 heteroatoms. The highest BCUT2D eigenvalue weighted by atomic mass is 32.2. The van der Waals surface area contributed by atoms with E-state index in [9.17, 15) is 18.5 Å². The number of hydrogen-bond acceptors (Lipinski definition) is 4. The minimum absolute atomic E-state index is 0.0228. The zero-order valence-corrected chi connectivity index (χ0v) is 13.6. The van der Waals surface area contributed by atoms with E-state index in [1.54, 1.807) is 32.0 Å². The minimum atomic E-state index is -3.82. The van der Waals surface area contributed by atoms with Crippen LogP contribution >= 0.6 is 0 Å². The molecule has 0 bridgehead atoms. The van der Waals surface area contributed by atoms with E-state index >= 15 is 0 Å². The molecule has 0 spiro atoms. The first kappa shape index (κ1) is 18.2. The Morgan fingerprint density at radius 1 is 1.27 bits per heavy atom. The van der Waals surface area contributed by atoms with Crippen LogP contribution in [-0.2, 0) is 14.6 Å². The van der Waals surface area contributed by atoms with Gasteiger partial charge >= 0.3 is 5.97 Å². The lowest BCUT2D eigenvalue weighted by Gasteiger charge is -2.30. The number of unbranched alkanes of at least 4 members (excludes halogenated alkanes) is 1. The van der Waals surface area contributed by atoms with E-state index in [0.717, 1.165) is 0 Å². The van der Waals surface area contributed by atoms with Crippen LogP contribution in [0.2, 0.25) is 0 Å². The largest absolute Gasteiger partial charge is 0.481 e. The molecule has 0 aromatic heterocycles. The van der Waals surface area contributed by atoms with Gasteiger partial charge in [-0.3, -0.25) is 4.79 Å². The fraction of sp³-hybridized carbons (Fsp3) is 0.500. The second-order valence-corrected chi connectivity index (χ2v) is 7.78. The molecule has 1 aromatic carbocycles. The Balaban J connectivity index is 3.12. The third-order valence-electron chi connectivity index (χ3n) is 3.84. The molecule has 0 aliphatic carbocycles. The van der Waals surface area contributed by atoms with Crippen LogP contribution in [0.25, 0.3) is 0 Å². The van der Waals surface area contributed by atoms with E-state index in [-0.39, 0.29) is 17.7 Å². The maximum atomic E-state index is 12.9. The van der Waals surface area contributed by atoms with Gasteiger partial charge in [0.2, 0.25) is 0 Å². The average Bonchev–Trinajstić information content (AvgIpc) is 2.47. The van der Waals surface area contributed by atoms with E-state index in [1.807, 2.05) is 6.07 Å². The van der Waals surface area contributed by atoms with E-state index in [0.29, 0.717) is 12.8 Å². The van der Waals surface area contributed by atoms with Gasteiger partial charge < -0.3 is 5.11 Å². The minimum Gasteiger partial charge on any atom is -0.481 e. The number of sulfone groups is 1. The van der Waals surface area contributed by atoms with Gasteiger partial charge in [0.05, 0.1) is 11.0 Å². The number of carboxylic acids is 1. The maximum absolute atomic E-state index is 12.9. The van der Waals surface area contributed by atoms with Gasteiger partial charge in [-0.1, -0.05) is 38.5 Å². The Hall–Kier alpha value is -1.87. The van der Waals surface area contributed by atoms with Gasteiger partial charge in [0.15, 0.2) is 14.6 Å². The van der Waals surface area contributed by atoms with Gasteiger partial charge in [-0.2, -0.15) is 5.26 Å². The number of hydrogen-bond donors (Lipinski definition) is 1. The zero-order valence-electron chi connectivity index (χ0n) is 12.8. The van der Waals surface area contributed by atoms with Crippen LogP contribution < -0.4 is 0 Å². The normalized spacial score (nSPS) is 14.3. The fourth-order valence-corrected chi connectivity index (χ4v) is 4.54. The van der Waals surface area contributed by atoms with Crippen LogP contribution in [0.4, 0.5) is 0 Å². The highest BCUT2D eigenvalue weighted by Gasteiger charge is 2.47. The molecule has 0 aliphatic rings. The van der Waals surface area contributed by atoms with Gasteiger partial charge in [0.1, 0.15) is 0 Å². The SMILES string of the molecule is CC(C)C(C#N)(CCCCC(=O)O)S(=O)(=O)c1ccccc1. The first-order chi connectivity index (χ1) is 10.3. The molecule has 1 aromatic rings. The number of aliphatic carboxylic acids is 1. The number of carboxylic acid groups (broad SMARTS) is 1. The first-order valence-electron chi connectivity index (χ1n) is 7.20. The fourth-order valence-electron chi connectivity index (χ4n) is 2.45. The summed E-state index contributed by atoms with van der Waals surface area (Å²) in [5.74, 6) is -1.31. The van der Waals surface area contributed by atoms with Crippen LogP contribution in [0.15, 0.2) is 35.2 Å². The topological polar surface area (TPSA) is 95.2 Å². The van der Waals surface area contributed by atoms with Crippen LogP contribution in [-0.4, -0.2) is 24.2 Å². The van der Waals surface area contributed by atoms with Crippen molar-refractivity contribution in [2.24, 2.45) is 5.92 Å². The Morgan fingerprint density at radius 2 is 1.86 bits per heavy atom. The van der Waals surface area contributed by atoms with Crippen molar-refractivity contribution in [2.45, 2.75) is 49.2 Å². The summed E-state index contributed by atoms with van der Waals surface area (Å²) in [5.41, 5.74) is 0. The Kier molecular flexibility index (Phi) is 6.12. The standard InChI is InChI=1S/C16H21NO4S/c1-13(2)16(12-17,11-7-6-10-15(18)19)22(20,21)14-8-4-3-5-9-14/h3-5,8-9,13H,6-7,10-11H2,1-2H3,(H,18,19). The van der Waals surface area contributed by atoms with E-state index in [2.05, 4.69) is 0 Å². The van der Waals surface area contributed by atoms with Crippen LogP contribution in [0.5, 0.6) is 0 Å². The molecule has 0 radical (unpaired) electrons. The van der Waals surface area contributed by atoms with Crippen molar-refractivity contribution >= 4 is 15.8 Å². The molecule has 1 atom stereocenters. The van der Waals surface area contributed by atoms with Crippen molar-refractivity contribution < 1.29 is 18.3 Å². The first-order valence-corrected chi connectivity index (χ1v) is 8.69. The predicted octanol–water partition coefficient (Wildman–Crippen LogP) is 3.02. The van der Waals surface area contributed by atoms with E-state index in [1.165, 1.54) is 12.1 Å². The van der Waals surface area contributed by atoms with Gasteiger partial charge in [0.25, 0.3) is 0 Å². The van der Waals surface area contributed by atoms with Crippen molar-refractivity contribution in [3.05, 3.63) is 30.3 Å². The lowest BCUT2D eigenvalue weighted by atomic mass is 9.90. The molecule has 0 saturated heterocycles. The number of carbonyl (C=O) groups is 1. The quantitative estimate of drug-likeness (QED) is 0.742. The van der Waals surface area contributed by atoms with Gasteiger partial charge in [-0.15, -0.1) is 0 Å². The lowest BCUT2D eigenvalue weighted by Crippen LogP contribution is -2.42. The van der Waals surface area contributed by atoms with Crippen molar-refractivity contribution in [1.82, 2.24) is 0 Å². The summed E-state index contributed by atoms with van der Waals surface area (Å²) in [6.45, 7) is 3.42. The number of nitriles is 1. The number of benzene rings is 1. The molecule has 1 N–H and O–H groups in total. The molecule has 0 heterocycles. The molecule has 22 heavy (non-hydrogen) atoms. The molecule has 0 aliphatic heterocycles. The summed E-state index contributed by atoms with van der Waals surface area (Å²) in [7, 11) is -3.82. The molecule has 5 nitrogen and oxygen atoms in total. The van der Waals surface area contributed by atoms with Gasteiger partial charge in [-0.25, -0.2) is 8.42 Å². The summed E-state index contributed by atoms with van der Waals surface area (Å²) in [6.07, 6.45) is 0.844. The predicted molar refractivity (Wildman–Crippen MR) is 82.9 cm³/mol. The number of rotatable bonds is 8.